The molecule has 0 radical (unpaired) electrons. The third kappa shape index (κ3) is 2.90. The van der Waals surface area contributed by atoms with Crippen molar-refractivity contribution in [1.82, 2.24) is 4.98 Å². The molecule has 0 aliphatic carbocycles. The van der Waals surface area contributed by atoms with Gasteiger partial charge in [-0.25, -0.2) is 9.78 Å². The number of nitro groups is 1. The van der Waals surface area contributed by atoms with Gasteiger partial charge < -0.3 is 10.4 Å². The average molecular weight is 285 g/mol. The van der Waals surface area contributed by atoms with Crippen LogP contribution in [0.2, 0.25) is 0 Å². The van der Waals surface area contributed by atoms with Crippen LogP contribution in [0.1, 0.15) is 6.42 Å². The summed E-state index contributed by atoms with van der Waals surface area (Å²) in [5.41, 5.74) is 0.334. The second-order valence-electron chi connectivity index (χ2n) is 4.24. The third-order valence-electron chi connectivity index (χ3n) is 2.89. The summed E-state index contributed by atoms with van der Waals surface area (Å²) in [7, 11) is 0. The number of carboxylic acids is 1. The molecule has 1 unspecified atom stereocenters. The van der Waals surface area contributed by atoms with Crippen molar-refractivity contribution in [3.8, 4) is 12.3 Å². The van der Waals surface area contributed by atoms with E-state index in [0.717, 1.165) is 6.20 Å². The average Bonchev–Trinajstić information content (AvgIpc) is 2.46. The van der Waals surface area contributed by atoms with Crippen LogP contribution >= 0.6 is 0 Å². The number of pyridine rings is 1. The molecule has 0 bridgehead atoms. The Hall–Kier alpha value is -3.14. The van der Waals surface area contributed by atoms with Crippen molar-refractivity contribution in [2.24, 2.45) is 0 Å². The molecular formula is C14H11N3O4. The summed E-state index contributed by atoms with van der Waals surface area (Å²) in [4.78, 5) is 25.7. The minimum Gasteiger partial charge on any atom is -0.480 e. The van der Waals surface area contributed by atoms with E-state index in [0.29, 0.717) is 10.9 Å². The normalized spacial score (nSPS) is 11.6. The van der Waals surface area contributed by atoms with Gasteiger partial charge in [-0.1, -0.05) is 18.2 Å². The summed E-state index contributed by atoms with van der Waals surface area (Å²) in [5, 5.41) is 23.4. The topological polar surface area (TPSA) is 105 Å². The molecule has 1 atom stereocenters. The number of aromatic nitrogens is 1. The maximum atomic E-state index is 11.2. The first-order valence-corrected chi connectivity index (χ1v) is 5.99. The van der Waals surface area contributed by atoms with E-state index in [2.05, 4.69) is 16.2 Å². The van der Waals surface area contributed by atoms with Crippen molar-refractivity contribution in [1.29, 1.82) is 0 Å². The highest BCUT2D eigenvalue weighted by atomic mass is 16.6. The van der Waals surface area contributed by atoms with Crippen molar-refractivity contribution < 1.29 is 14.8 Å². The van der Waals surface area contributed by atoms with Gasteiger partial charge in [0, 0.05) is 11.8 Å². The zero-order chi connectivity index (χ0) is 15.4. The Bertz CT molecular complexity index is 751. The number of fused-ring (bicyclic) bond motifs is 1. The molecule has 2 aromatic rings. The lowest BCUT2D eigenvalue weighted by molar-refractivity contribution is -0.384. The maximum Gasteiger partial charge on any atom is 0.327 e. The third-order valence-corrected chi connectivity index (χ3v) is 2.89. The number of nitrogens with zero attached hydrogens (tertiary/aromatic N) is 2. The number of aliphatic carboxylic acids is 1. The lowest BCUT2D eigenvalue weighted by atomic mass is 10.1. The van der Waals surface area contributed by atoms with Gasteiger partial charge in [0.05, 0.1) is 10.4 Å². The highest BCUT2D eigenvalue weighted by molar-refractivity contribution is 5.97. The zero-order valence-corrected chi connectivity index (χ0v) is 10.8. The Morgan fingerprint density at radius 2 is 2.24 bits per heavy atom. The molecular weight excluding hydrogens is 274 g/mol. The lowest BCUT2D eigenvalue weighted by Gasteiger charge is -2.15. The van der Waals surface area contributed by atoms with Crippen molar-refractivity contribution in [2.45, 2.75) is 12.5 Å². The first-order valence-electron chi connectivity index (χ1n) is 5.99. The molecule has 21 heavy (non-hydrogen) atoms. The second kappa shape index (κ2) is 5.88. The summed E-state index contributed by atoms with van der Waals surface area (Å²) < 4.78 is 0. The van der Waals surface area contributed by atoms with Gasteiger partial charge in [0.15, 0.2) is 0 Å². The van der Waals surface area contributed by atoms with Crippen LogP contribution in [0.5, 0.6) is 0 Å². The summed E-state index contributed by atoms with van der Waals surface area (Å²) >= 11 is 0. The quantitative estimate of drug-likeness (QED) is 0.494. The number of carboxylic acid groups (broad SMARTS) is 1. The van der Waals surface area contributed by atoms with E-state index < -0.39 is 16.9 Å². The van der Waals surface area contributed by atoms with Crippen LogP contribution in [0.3, 0.4) is 0 Å². The number of hydrogen-bond acceptors (Lipinski definition) is 5. The van der Waals surface area contributed by atoms with Crippen LogP contribution < -0.4 is 5.32 Å². The summed E-state index contributed by atoms with van der Waals surface area (Å²) in [6, 6.07) is 5.63. The predicted molar refractivity (Wildman–Crippen MR) is 76.9 cm³/mol. The van der Waals surface area contributed by atoms with Gasteiger partial charge >= 0.3 is 11.7 Å². The highest BCUT2D eigenvalue weighted by Gasteiger charge is 2.23. The number of carbonyl (C=O) groups is 1. The molecule has 1 aromatic heterocycles. The molecule has 7 heteroatoms. The highest BCUT2D eigenvalue weighted by Crippen LogP contribution is 2.32. The van der Waals surface area contributed by atoms with E-state index in [4.69, 9.17) is 11.5 Å². The van der Waals surface area contributed by atoms with Crippen molar-refractivity contribution in [3.05, 3.63) is 40.6 Å². The molecule has 106 valence electrons. The van der Waals surface area contributed by atoms with Gasteiger partial charge in [-0.2, -0.15) is 0 Å². The number of benzene rings is 1. The Morgan fingerprint density at radius 3 is 2.86 bits per heavy atom. The molecule has 0 fully saturated rings. The fourth-order valence-electron chi connectivity index (χ4n) is 1.91. The predicted octanol–water partition coefficient (Wildman–Crippen LogP) is 2.03. The van der Waals surface area contributed by atoms with Gasteiger partial charge in [0.1, 0.15) is 17.9 Å². The number of rotatable bonds is 5. The lowest BCUT2D eigenvalue weighted by Crippen LogP contribution is -2.29. The van der Waals surface area contributed by atoms with Crippen LogP contribution in [0.25, 0.3) is 10.9 Å². The Kier molecular flexibility index (Phi) is 4.00. The zero-order valence-electron chi connectivity index (χ0n) is 10.8. The molecule has 0 saturated heterocycles. The summed E-state index contributed by atoms with van der Waals surface area (Å²) in [6.45, 7) is 0. The number of anilines is 1. The van der Waals surface area contributed by atoms with E-state index in [-0.39, 0.29) is 17.8 Å². The molecule has 0 amide bonds. The Balaban J connectivity index is 2.59. The molecule has 0 aliphatic heterocycles. The summed E-state index contributed by atoms with van der Waals surface area (Å²) in [6.07, 6.45) is 6.13. The first-order chi connectivity index (χ1) is 10.0. The van der Waals surface area contributed by atoms with Gasteiger partial charge in [-0.3, -0.25) is 10.1 Å². The summed E-state index contributed by atoms with van der Waals surface area (Å²) in [5.74, 6) is 1.06. The minimum absolute atomic E-state index is 0.0941. The second-order valence-corrected chi connectivity index (χ2v) is 4.24. The molecule has 1 aromatic carbocycles. The molecule has 1 heterocycles. The maximum absolute atomic E-state index is 11.2. The van der Waals surface area contributed by atoms with Crippen LogP contribution in [0, 0.1) is 22.5 Å². The molecule has 7 nitrogen and oxygen atoms in total. The van der Waals surface area contributed by atoms with E-state index >= 15 is 0 Å². The van der Waals surface area contributed by atoms with Gasteiger partial charge in [-0.05, 0) is 6.07 Å². The smallest absolute Gasteiger partial charge is 0.327 e. The van der Waals surface area contributed by atoms with E-state index in [1.807, 2.05) is 0 Å². The molecule has 0 saturated carbocycles. The van der Waals surface area contributed by atoms with Crippen LogP contribution in [-0.2, 0) is 4.79 Å². The SMILES string of the molecule is C#CCC(Nc1c([N+](=O)[O-])cnc2ccccc12)C(=O)O. The minimum atomic E-state index is -1.18. The number of hydrogen-bond donors (Lipinski definition) is 2. The number of para-hydroxylation sites is 1. The first kappa shape index (κ1) is 14.3. The molecule has 0 aliphatic rings. The Labute approximate surface area is 119 Å². The number of terminal acetylenes is 1. The van der Waals surface area contributed by atoms with Crippen LogP contribution in [-0.4, -0.2) is 27.0 Å². The van der Waals surface area contributed by atoms with Crippen molar-refractivity contribution in [3.63, 3.8) is 0 Å². The van der Waals surface area contributed by atoms with E-state index in [9.17, 15) is 14.9 Å². The fourth-order valence-corrected chi connectivity index (χ4v) is 1.91. The van der Waals surface area contributed by atoms with Crippen molar-refractivity contribution >= 4 is 28.2 Å². The number of nitrogens with one attached hydrogen (secondary N) is 1. The molecule has 2 rings (SSSR count). The Morgan fingerprint density at radius 1 is 1.52 bits per heavy atom. The van der Waals surface area contributed by atoms with E-state index in [1.54, 1.807) is 24.3 Å². The van der Waals surface area contributed by atoms with Crippen LogP contribution in [0.15, 0.2) is 30.5 Å². The standard InChI is InChI=1S/C14H11N3O4/c1-2-5-11(14(18)19)16-13-9-6-3-4-7-10(9)15-8-12(13)17(20)21/h1,3-4,6-8,11H,5H2,(H,15,16)(H,18,19). The monoisotopic (exact) mass is 285 g/mol. The molecule has 0 spiro atoms. The van der Waals surface area contributed by atoms with Crippen molar-refractivity contribution in [2.75, 3.05) is 5.32 Å². The van der Waals surface area contributed by atoms with Gasteiger partial charge in [-0.15, -0.1) is 12.3 Å². The van der Waals surface area contributed by atoms with Gasteiger partial charge in [0.25, 0.3) is 0 Å². The largest absolute Gasteiger partial charge is 0.480 e. The molecule has 2 N–H and O–H groups in total. The van der Waals surface area contributed by atoms with Crippen LogP contribution in [0.4, 0.5) is 11.4 Å². The van der Waals surface area contributed by atoms with Gasteiger partial charge in [0.2, 0.25) is 0 Å². The fraction of sp³-hybridized carbons (Fsp3) is 0.143. The van der Waals surface area contributed by atoms with E-state index in [1.165, 1.54) is 0 Å².